The topological polar surface area (TPSA) is 40.5 Å². The molecule has 0 aliphatic carbocycles. The molecular weight excluding hydrogens is 294 g/mol. The molecule has 1 amide bonds. The highest BCUT2D eigenvalue weighted by Gasteiger charge is 2.13. The Balaban J connectivity index is 2.77. The van der Waals surface area contributed by atoms with Gasteiger partial charge in [0.2, 0.25) is 5.91 Å². The summed E-state index contributed by atoms with van der Waals surface area (Å²) in [5, 5.41) is 8.94. The third-order valence-corrected chi connectivity index (χ3v) is 3.28. The van der Waals surface area contributed by atoms with E-state index in [2.05, 4.69) is 15.9 Å². The molecule has 0 fully saturated rings. The van der Waals surface area contributed by atoms with Gasteiger partial charge in [0.1, 0.15) is 0 Å². The van der Waals surface area contributed by atoms with E-state index >= 15 is 0 Å². The predicted octanol–water partition coefficient (Wildman–Crippen LogP) is 2.69. The summed E-state index contributed by atoms with van der Waals surface area (Å²) >= 11 is 3.43. The highest BCUT2D eigenvalue weighted by Crippen LogP contribution is 2.17. The smallest absolute Gasteiger partial charge is 0.246 e. The standard InChI is InChI=1S/C14H18BrNO2/c1-11(2)16(9-10-17)14(18)8-7-12-5-3-4-6-13(12)15/h3-8,11,17H,9-10H2,1-2H3/b8-7+. The molecule has 0 unspecified atom stereocenters. The van der Waals surface area contributed by atoms with E-state index < -0.39 is 0 Å². The molecule has 0 radical (unpaired) electrons. The maximum atomic E-state index is 12.0. The molecule has 0 atom stereocenters. The molecule has 98 valence electrons. The van der Waals surface area contributed by atoms with Gasteiger partial charge in [-0.3, -0.25) is 4.79 Å². The zero-order chi connectivity index (χ0) is 13.5. The molecule has 0 aliphatic heterocycles. The van der Waals surface area contributed by atoms with Gasteiger partial charge in [-0.15, -0.1) is 0 Å². The van der Waals surface area contributed by atoms with Crippen LogP contribution < -0.4 is 0 Å². The lowest BCUT2D eigenvalue weighted by Crippen LogP contribution is -2.37. The summed E-state index contributed by atoms with van der Waals surface area (Å²) in [6.45, 7) is 4.20. The summed E-state index contributed by atoms with van der Waals surface area (Å²) < 4.78 is 0.951. The van der Waals surface area contributed by atoms with Gasteiger partial charge < -0.3 is 10.0 Å². The van der Waals surface area contributed by atoms with Crippen LogP contribution in [0.3, 0.4) is 0 Å². The van der Waals surface area contributed by atoms with Crippen LogP contribution in [0.25, 0.3) is 6.08 Å². The first-order valence-corrected chi connectivity index (χ1v) is 6.69. The van der Waals surface area contributed by atoms with E-state index in [1.807, 2.05) is 38.1 Å². The lowest BCUT2D eigenvalue weighted by Gasteiger charge is -2.24. The van der Waals surface area contributed by atoms with Crippen molar-refractivity contribution in [1.82, 2.24) is 4.90 Å². The number of hydrogen-bond donors (Lipinski definition) is 1. The summed E-state index contributed by atoms with van der Waals surface area (Å²) in [5.41, 5.74) is 0.957. The Labute approximate surface area is 116 Å². The van der Waals surface area contributed by atoms with Gasteiger partial charge in [0.05, 0.1) is 6.61 Å². The average Bonchev–Trinajstić information content (AvgIpc) is 2.34. The Morgan fingerprint density at radius 3 is 2.67 bits per heavy atom. The molecule has 0 saturated heterocycles. The maximum Gasteiger partial charge on any atom is 0.246 e. The quantitative estimate of drug-likeness (QED) is 0.849. The Hall–Kier alpha value is -1.13. The Kier molecular flexibility index (Phi) is 6.09. The van der Waals surface area contributed by atoms with Crippen LogP contribution in [-0.4, -0.2) is 35.1 Å². The zero-order valence-electron chi connectivity index (χ0n) is 10.6. The molecule has 1 aromatic rings. The van der Waals surface area contributed by atoms with Crippen molar-refractivity contribution in [3.63, 3.8) is 0 Å². The van der Waals surface area contributed by atoms with Crippen LogP contribution in [-0.2, 0) is 4.79 Å². The van der Waals surface area contributed by atoms with Gasteiger partial charge in [-0.05, 0) is 31.6 Å². The van der Waals surface area contributed by atoms with Crippen molar-refractivity contribution < 1.29 is 9.90 Å². The number of amides is 1. The van der Waals surface area contributed by atoms with Gasteiger partial charge >= 0.3 is 0 Å². The van der Waals surface area contributed by atoms with Crippen LogP contribution in [0.2, 0.25) is 0 Å². The molecule has 1 N–H and O–H groups in total. The first kappa shape index (κ1) is 14.9. The van der Waals surface area contributed by atoms with Crippen LogP contribution in [0.1, 0.15) is 19.4 Å². The van der Waals surface area contributed by atoms with E-state index in [0.29, 0.717) is 6.54 Å². The largest absolute Gasteiger partial charge is 0.395 e. The zero-order valence-corrected chi connectivity index (χ0v) is 12.2. The molecule has 0 heterocycles. The van der Waals surface area contributed by atoms with E-state index in [4.69, 9.17) is 5.11 Å². The highest BCUT2D eigenvalue weighted by atomic mass is 79.9. The maximum absolute atomic E-state index is 12.0. The molecule has 4 heteroatoms. The van der Waals surface area contributed by atoms with Crippen LogP contribution in [0, 0.1) is 0 Å². The second-order valence-corrected chi connectivity index (χ2v) is 5.06. The van der Waals surface area contributed by atoms with E-state index in [9.17, 15) is 4.79 Å². The van der Waals surface area contributed by atoms with Crippen molar-refractivity contribution in [2.45, 2.75) is 19.9 Å². The predicted molar refractivity (Wildman–Crippen MR) is 77.1 cm³/mol. The number of aliphatic hydroxyl groups is 1. The van der Waals surface area contributed by atoms with Crippen molar-refractivity contribution in [3.05, 3.63) is 40.4 Å². The molecule has 0 aromatic heterocycles. The van der Waals surface area contributed by atoms with Crippen LogP contribution in [0.5, 0.6) is 0 Å². The van der Waals surface area contributed by atoms with Crippen molar-refractivity contribution in [2.75, 3.05) is 13.2 Å². The molecule has 1 aromatic carbocycles. The van der Waals surface area contributed by atoms with Gasteiger partial charge in [-0.2, -0.15) is 0 Å². The number of rotatable bonds is 5. The fraction of sp³-hybridized carbons (Fsp3) is 0.357. The SMILES string of the molecule is CC(C)N(CCO)C(=O)/C=C/c1ccccc1Br. The minimum absolute atomic E-state index is 0.0210. The minimum Gasteiger partial charge on any atom is -0.395 e. The van der Waals surface area contributed by atoms with E-state index in [0.717, 1.165) is 10.0 Å². The van der Waals surface area contributed by atoms with Gasteiger partial charge in [-0.1, -0.05) is 34.1 Å². The van der Waals surface area contributed by atoms with Gasteiger partial charge in [0.25, 0.3) is 0 Å². The molecular formula is C14H18BrNO2. The molecule has 0 aliphatic rings. The second kappa shape index (κ2) is 7.34. The Morgan fingerprint density at radius 2 is 2.11 bits per heavy atom. The third-order valence-electron chi connectivity index (χ3n) is 2.56. The third kappa shape index (κ3) is 4.27. The molecule has 0 spiro atoms. The lowest BCUT2D eigenvalue weighted by atomic mass is 10.2. The summed E-state index contributed by atoms with van der Waals surface area (Å²) in [7, 11) is 0. The number of carbonyl (C=O) groups is 1. The fourth-order valence-electron chi connectivity index (χ4n) is 1.60. The number of halogens is 1. The van der Waals surface area contributed by atoms with E-state index in [1.165, 1.54) is 6.08 Å². The minimum atomic E-state index is -0.0881. The van der Waals surface area contributed by atoms with Crippen LogP contribution in [0.15, 0.2) is 34.8 Å². The monoisotopic (exact) mass is 311 g/mol. The molecule has 1 rings (SSSR count). The number of carbonyl (C=O) groups excluding carboxylic acids is 1. The van der Waals surface area contributed by atoms with Crippen LogP contribution in [0.4, 0.5) is 0 Å². The Bertz CT molecular complexity index is 430. The number of hydrogen-bond acceptors (Lipinski definition) is 2. The lowest BCUT2D eigenvalue weighted by molar-refractivity contribution is -0.128. The summed E-state index contributed by atoms with van der Waals surface area (Å²) in [5.74, 6) is -0.0881. The van der Waals surface area contributed by atoms with Gasteiger partial charge in [0, 0.05) is 23.1 Å². The Morgan fingerprint density at radius 1 is 1.44 bits per heavy atom. The molecule has 0 bridgehead atoms. The fourth-order valence-corrected chi connectivity index (χ4v) is 2.01. The van der Waals surface area contributed by atoms with Gasteiger partial charge in [-0.25, -0.2) is 0 Å². The molecule has 0 saturated carbocycles. The van der Waals surface area contributed by atoms with E-state index in [-0.39, 0.29) is 18.6 Å². The molecule has 18 heavy (non-hydrogen) atoms. The van der Waals surface area contributed by atoms with Gasteiger partial charge in [0.15, 0.2) is 0 Å². The molecule has 3 nitrogen and oxygen atoms in total. The van der Waals surface area contributed by atoms with Crippen LogP contribution >= 0.6 is 15.9 Å². The summed E-state index contributed by atoms with van der Waals surface area (Å²) in [6, 6.07) is 7.78. The van der Waals surface area contributed by atoms with Crippen molar-refractivity contribution >= 4 is 27.9 Å². The summed E-state index contributed by atoms with van der Waals surface area (Å²) in [4.78, 5) is 13.6. The van der Waals surface area contributed by atoms with E-state index in [1.54, 1.807) is 11.0 Å². The number of aliphatic hydroxyl groups excluding tert-OH is 1. The first-order valence-electron chi connectivity index (χ1n) is 5.90. The summed E-state index contributed by atoms with van der Waals surface area (Å²) in [6.07, 6.45) is 3.31. The normalized spacial score (nSPS) is 11.2. The highest BCUT2D eigenvalue weighted by molar-refractivity contribution is 9.10. The number of benzene rings is 1. The van der Waals surface area contributed by atoms with Crippen molar-refractivity contribution in [2.24, 2.45) is 0 Å². The van der Waals surface area contributed by atoms with Crippen molar-refractivity contribution in [1.29, 1.82) is 0 Å². The first-order chi connectivity index (χ1) is 8.56. The average molecular weight is 312 g/mol. The second-order valence-electron chi connectivity index (χ2n) is 4.20. The number of nitrogens with zero attached hydrogens (tertiary/aromatic N) is 1. The van der Waals surface area contributed by atoms with Crippen molar-refractivity contribution in [3.8, 4) is 0 Å².